The summed E-state index contributed by atoms with van der Waals surface area (Å²) in [6.45, 7) is 0. The number of pyridine rings is 1. The highest BCUT2D eigenvalue weighted by molar-refractivity contribution is 5.84. The first-order valence-corrected chi connectivity index (χ1v) is 5.84. The Morgan fingerprint density at radius 2 is 2.10 bits per heavy atom. The van der Waals surface area contributed by atoms with Crippen molar-refractivity contribution in [3.8, 4) is 11.1 Å². The van der Waals surface area contributed by atoms with Gasteiger partial charge in [0.2, 0.25) is 5.95 Å². The number of hydrogen-bond donors (Lipinski definition) is 3. The number of aromatic nitrogens is 3. The molecule has 2 aromatic heterocycles. The van der Waals surface area contributed by atoms with Gasteiger partial charge in [0.05, 0.1) is 0 Å². The molecule has 0 unspecified atom stereocenters. The SMILES string of the molecule is Nc1nc2ccc(-c3cccc(NC(=O)O)c3)cn2n1. The van der Waals surface area contributed by atoms with Gasteiger partial charge >= 0.3 is 6.09 Å². The topological polar surface area (TPSA) is 106 Å². The van der Waals surface area contributed by atoms with Crippen LogP contribution in [-0.2, 0) is 0 Å². The van der Waals surface area contributed by atoms with Gasteiger partial charge in [-0.15, -0.1) is 5.10 Å². The van der Waals surface area contributed by atoms with Gasteiger partial charge < -0.3 is 10.8 Å². The summed E-state index contributed by atoms with van der Waals surface area (Å²) >= 11 is 0. The van der Waals surface area contributed by atoms with Crippen molar-refractivity contribution in [3.05, 3.63) is 42.6 Å². The molecule has 2 heterocycles. The molecule has 0 aliphatic rings. The summed E-state index contributed by atoms with van der Waals surface area (Å²) in [5, 5.41) is 15.1. The lowest BCUT2D eigenvalue weighted by Gasteiger charge is -2.05. The molecule has 0 aliphatic carbocycles. The third-order valence-electron chi connectivity index (χ3n) is 2.79. The number of amides is 1. The van der Waals surface area contributed by atoms with Crippen LogP contribution in [0.15, 0.2) is 42.6 Å². The fourth-order valence-corrected chi connectivity index (χ4v) is 1.97. The second-order valence-corrected chi connectivity index (χ2v) is 4.20. The van der Waals surface area contributed by atoms with Crippen LogP contribution >= 0.6 is 0 Å². The van der Waals surface area contributed by atoms with Crippen molar-refractivity contribution in [2.24, 2.45) is 0 Å². The van der Waals surface area contributed by atoms with Crippen LogP contribution in [0.4, 0.5) is 16.4 Å². The van der Waals surface area contributed by atoms with Gasteiger partial charge in [-0.2, -0.15) is 4.98 Å². The second kappa shape index (κ2) is 4.54. The lowest BCUT2D eigenvalue weighted by Crippen LogP contribution is -2.06. The van der Waals surface area contributed by atoms with Gasteiger partial charge in [0, 0.05) is 17.4 Å². The minimum absolute atomic E-state index is 0.212. The van der Waals surface area contributed by atoms with Crippen molar-refractivity contribution in [1.29, 1.82) is 0 Å². The Kier molecular flexibility index (Phi) is 2.72. The molecule has 3 rings (SSSR count). The van der Waals surface area contributed by atoms with E-state index < -0.39 is 6.09 Å². The normalized spacial score (nSPS) is 10.6. The van der Waals surface area contributed by atoms with Crippen molar-refractivity contribution < 1.29 is 9.90 Å². The Morgan fingerprint density at radius 1 is 1.25 bits per heavy atom. The molecule has 1 amide bonds. The number of nitrogens with one attached hydrogen (secondary N) is 1. The number of nitrogens with zero attached hydrogens (tertiary/aromatic N) is 3. The first-order chi connectivity index (χ1) is 9.61. The van der Waals surface area contributed by atoms with Gasteiger partial charge in [-0.25, -0.2) is 9.31 Å². The van der Waals surface area contributed by atoms with Crippen LogP contribution in [0.2, 0.25) is 0 Å². The van der Waals surface area contributed by atoms with Crippen molar-refractivity contribution in [2.45, 2.75) is 0 Å². The molecule has 7 heteroatoms. The summed E-state index contributed by atoms with van der Waals surface area (Å²) in [7, 11) is 0. The number of rotatable bonds is 2. The largest absolute Gasteiger partial charge is 0.465 e. The van der Waals surface area contributed by atoms with Crippen LogP contribution in [0.5, 0.6) is 0 Å². The van der Waals surface area contributed by atoms with Crippen LogP contribution < -0.4 is 11.1 Å². The number of carbonyl (C=O) groups is 1. The third-order valence-corrected chi connectivity index (χ3v) is 2.79. The minimum atomic E-state index is -1.10. The number of anilines is 2. The summed E-state index contributed by atoms with van der Waals surface area (Å²) in [6, 6.07) is 10.8. The first-order valence-electron chi connectivity index (χ1n) is 5.84. The Balaban J connectivity index is 2.03. The number of nitrogen functional groups attached to an aromatic ring is 1. The molecule has 0 fully saturated rings. The fraction of sp³-hybridized carbons (Fsp3) is 0. The molecule has 0 spiro atoms. The van der Waals surface area contributed by atoms with E-state index in [-0.39, 0.29) is 5.95 Å². The number of carboxylic acid groups (broad SMARTS) is 1. The molecule has 0 bridgehead atoms. The summed E-state index contributed by atoms with van der Waals surface area (Å²) in [5.41, 5.74) is 8.46. The fourth-order valence-electron chi connectivity index (χ4n) is 1.97. The average Bonchev–Trinajstić information content (AvgIpc) is 2.77. The standard InChI is InChI=1S/C13H11N5O2/c14-12-16-11-5-4-9(7-18(11)17-12)8-2-1-3-10(6-8)15-13(19)20/h1-7,15H,(H2,14,17)(H,19,20). The Bertz CT molecular complexity index is 796. The molecule has 0 aliphatic heterocycles. The lowest BCUT2D eigenvalue weighted by atomic mass is 10.1. The van der Waals surface area contributed by atoms with Crippen LogP contribution in [0.1, 0.15) is 0 Å². The molecule has 100 valence electrons. The molecule has 0 atom stereocenters. The average molecular weight is 269 g/mol. The Labute approximate surface area is 113 Å². The van der Waals surface area contributed by atoms with E-state index in [4.69, 9.17) is 10.8 Å². The van der Waals surface area contributed by atoms with Crippen LogP contribution in [-0.4, -0.2) is 25.8 Å². The van der Waals surface area contributed by atoms with E-state index in [1.807, 2.05) is 12.1 Å². The number of nitrogens with two attached hydrogens (primary N) is 1. The maximum Gasteiger partial charge on any atom is 0.409 e. The van der Waals surface area contributed by atoms with E-state index in [9.17, 15) is 4.79 Å². The quantitative estimate of drug-likeness (QED) is 0.660. The molecule has 0 radical (unpaired) electrons. The van der Waals surface area contributed by atoms with Crippen molar-refractivity contribution in [2.75, 3.05) is 11.1 Å². The zero-order valence-corrected chi connectivity index (χ0v) is 10.3. The molecular formula is C13H11N5O2. The van der Waals surface area contributed by atoms with Gasteiger partial charge in [-0.3, -0.25) is 5.32 Å². The Hall–Kier alpha value is -3.09. The molecule has 4 N–H and O–H groups in total. The molecule has 7 nitrogen and oxygen atoms in total. The van der Waals surface area contributed by atoms with Crippen LogP contribution in [0.3, 0.4) is 0 Å². The van der Waals surface area contributed by atoms with E-state index in [1.165, 1.54) is 0 Å². The number of fused-ring (bicyclic) bond motifs is 1. The zero-order valence-electron chi connectivity index (χ0n) is 10.3. The second-order valence-electron chi connectivity index (χ2n) is 4.20. The summed E-state index contributed by atoms with van der Waals surface area (Å²) < 4.78 is 1.59. The molecule has 1 aromatic carbocycles. The van der Waals surface area contributed by atoms with E-state index >= 15 is 0 Å². The maximum absolute atomic E-state index is 10.6. The van der Waals surface area contributed by atoms with E-state index in [0.717, 1.165) is 11.1 Å². The summed E-state index contributed by atoms with van der Waals surface area (Å²) in [6.07, 6.45) is 0.695. The highest BCUT2D eigenvalue weighted by Gasteiger charge is 2.05. The smallest absolute Gasteiger partial charge is 0.409 e. The molecule has 3 aromatic rings. The maximum atomic E-state index is 10.6. The van der Waals surface area contributed by atoms with Gasteiger partial charge in [-0.05, 0) is 29.8 Å². The van der Waals surface area contributed by atoms with Crippen molar-refractivity contribution in [1.82, 2.24) is 14.6 Å². The van der Waals surface area contributed by atoms with Crippen molar-refractivity contribution in [3.63, 3.8) is 0 Å². The van der Waals surface area contributed by atoms with Gasteiger partial charge in [0.25, 0.3) is 0 Å². The van der Waals surface area contributed by atoms with Gasteiger partial charge in [-0.1, -0.05) is 12.1 Å². The van der Waals surface area contributed by atoms with Gasteiger partial charge in [0.15, 0.2) is 5.65 Å². The van der Waals surface area contributed by atoms with Gasteiger partial charge in [0.1, 0.15) is 0 Å². The molecule has 0 saturated carbocycles. The first kappa shape index (κ1) is 12.0. The molecule has 0 saturated heterocycles. The highest BCUT2D eigenvalue weighted by atomic mass is 16.4. The lowest BCUT2D eigenvalue weighted by molar-refractivity contribution is 0.210. The Morgan fingerprint density at radius 3 is 2.90 bits per heavy atom. The molecule has 20 heavy (non-hydrogen) atoms. The van der Waals surface area contributed by atoms with E-state index in [2.05, 4.69) is 15.4 Å². The molecular weight excluding hydrogens is 258 g/mol. The summed E-state index contributed by atoms with van der Waals surface area (Å²) in [5.74, 6) is 0.212. The van der Waals surface area contributed by atoms with Crippen LogP contribution in [0, 0.1) is 0 Å². The zero-order chi connectivity index (χ0) is 14.1. The van der Waals surface area contributed by atoms with E-state index in [0.29, 0.717) is 11.3 Å². The van der Waals surface area contributed by atoms with E-state index in [1.54, 1.807) is 35.0 Å². The predicted octanol–water partition coefficient (Wildman–Crippen LogP) is 2.07. The van der Waals surface area contributed by atoms with Crippen molar-refractivity contribution >= 4 is 23.4 Å². The summed E-state index contributed by atoms with van der Waals surface area (Å²) in [4.78, 5) is 14.7. The minimum Gasteiger partial charge on any atom is -0.465 e. The van der Waals surface area contributed by atoms with Crippen LogP contribution in [0.25, 0.3) is 16.8 Å². The number of benzene rings is 1. The highest BCUT2D eigenvalue weighted by Crippen LogP contribution is 2.23. The number of hydrogen-bond acceptors (Lipinski definition) is 4. The third kappa shape index (κ3) is 2.24. The predicted molar refractivity (Wildman–Crippen MR) is 74.5 cm³/mol. The monoisotopic (exact) mass is 269 g/mol.